The fourth-order valence-corrected chi connectivity index (χ4v) is 1.59. The van der Waals surface area contributed by atoms with Crippen molar-refractivity contribution in [2.24, 2.45) is 0 Å². The summed E-state index contributed by atoms with van der Waals surface area (Å²) in [4.78, 5) is 3.86. The molecule has 22 heavy (non-hydrogen) atoms. The maximum Gasteiger partial charge on any atom is 0.522 e. The van der Waals surface area contributed by atoms with Gasteiger partial charge in [0.2, 0.25) is 0 Å². The number of hydrogen-bond acceptors (Lipinski definition) is 5. The molecule has 1 aromatic heterocycles. The van der Waals surface area contributed by atoms with Gasteiger partial charge in [0, 0.05) is 18.9 Å². The zero-order chi connectivity index (χ0) is 17.6. The lowest BCUT2D eigenvalue weighted by atomic mass is 10.2. The lowest BCUT2D eigenvalue weighted by Crippen LogP contribution is -2.21. The summed E-state index contributed by atoms with van der Waals surface area (Å²) in [6.07, 6.45) is 6.33. The number of aryl methyl sites for hydroxylation is 1. The third kappa shape index (κ3) is 8.31. The number of alkyl halides is 3. The van der Waals surface area contributed by atoms with Crippen LogP contribution in [0.3, 0.4) is 0 Å². The highest BCUT2D eigenvalue weighted by molar-refractivity contribution is 7.86. The Morgan fingerprint density at radius 1 is 1.23 bits per heavy atom. The van der Waals surface area contributed by atoms with Crippen LogP contribution < -0.4 is 0 Å². The minimum absolute atomic E-state index is 0.455. The Morgan fingerprint density at radius 3 is 2.05 bits per heavy atom. The Labute approximate surface area is 125 Å². The van der Waals surface area contributed by atoms with Crippen LogP contribution in [0.1, 0.15) is 19.8 Å². The highest BCUT2D eigenvalue weighted by atomic mass is 32.2. The predicted molar refractivity (Wildman–Crippen MR) is 70.1 cm³/mol. The van der Waals surface area contributed by atoms with E-state index >= 15 is 0 Å². The van der Waals surface area contributed by atoms with Crippen LogP contribution in [0.15, 0.2) is 18.7 Å². The maximum atomic E-state index is 10.7. The van der Waals surface area contributed by atoms with E-state index in [2.05, 4.69) is 4.98 Å². The minimum atomic E-state index is -5.84. The van der Waals surface area contributed by atoms with Crippen molar-refractivity contribution in [3.8, 4) is 0 Å². The third-order valence-electron chi connectivity index (χ3n) is 2.39. The Hall–Kier alpha value is -1.18. The van der Waals surface area contributed by atoms with E-state index < -0.39 is 31.0 Å². The van der Waals surface area contributed by atoms with E-state index in [0.29, 0.717) is 12.8 Å². The summed E-state index contributed by atoms with van der Waals surface area (Å²) in [7, 11) is -9.71. The first-order valence-electron chi connectivity index (χ1n) is 5.71. The van der Waals surface area contributed by atoms with Gasteiger partial charge >= 0.3 is 15.6 Å². The zero-order valence-corrected chi connectivity index (χ0v) is 12.9. The van der Waals surface area contributed by atoms with Gasteiger partial charge in [-0.1, -0.05) is 0 Å². The molecular formula is C9H15F3N2O6S2. The molecule has 8 nitrogen and oxygen atoms in total. The molecule has 2 N–H and O–H groups in total. The number of nitrogens with zero attached hydrogens (tertiary/aromatic N) is 2. The zero-order valence-electron chi connectivity index (χ0n) is 11.3. The molecule has 0 aromatic carbocycles. The van der Waals surface area contributed by atoms with Gasteiger partial charge in [-0.05, 0) is 19.8 Å². The van der Waals surface area contributed by atoms with Gasteiger partial charge in [-0.25, -0.2) is 4.98 Å². The third-order valence-corrected chi connectivity index (χ3v) is 4.22. The monoisotopic (exact) mass is 368 g/mol. The summed E-state index contributed by atoms with van der Waals surface area (Å²) in [5.41, 5.74) is -5.53. The molecule has 13 heteroatoms. The smallest absolute Gasteiger partial charge is 0.337 e. The molecule has 1 atom stereocenters. The van der Waals surface area contributed by atoms with Crippen molar-refractivity contribution in [3.05, 3.63) is 18.7 Å². The average Bonchev–Trinajstić information content (AvgIpc) is 2.78. The van der Waals surface area contributed by atoms with Crippen molar-refractivity contribution in [3.63, 3.8) is 0 Å². The molecule has 0 saturated heterocycles. The normalized spacial score (nSPS) is 14.1. The second-order valence-corrected chi connectivity index (χ2v) is 7.44. The Kier molecular flexibility index (Phi) is 7.47. The van der Waals surface area contributed by atoms with E-state index in [1.54, 1.807) is 12.5 Å². The summed E-state index contributed by atoms with van der Waals surface area (Å²) in [5.74, 6) is 0. The second kappa shape index (κ2) is 7.89. The number of halogens is 3. The Bertz CT molecular complexity index is 639. The molecule has 0 radical (unpaired) electrons. The fourth-order valence-electron chi connectivity index (χ4n) is 1.13. The average molecular weight is 368 g/mol. The summed E-state index contributed by atoms with van der Waals surface area (Å²) in [6.45, 7) is 2.23. The van der Waals surface area contributed by atoms with Crippen LogP contribution in [0.4, 0.5) is 13.2 Å². The summed E-state index contributed by atoms with van der Waals surface area (Å²) in [6, 6.07) is 0. The number of imidazole rings is 1. The first kappa shape index (κ1) is 20.8. The highest BCUT2D eigenvalue weighted by Crippen LogP contribution is 2.20. The van der Waals surface area contributed by atoms with Crippen LogP contribution >= 0.6 is 0 Å². The predicted octanol–water partition coefficient (Wildman–Crippen LogP) is 1.33. The van der Waals surface area contributed by atoms with Crippen LogP contribution in [0.5, 0.6) is 0 Å². The molecule has 1 unspecified atom stereocenters. The molecule has 0 aliphatic heterocycles. The summed E-state index contributed by atoms with van der Waals surface area (Å²) >= 11 is 0. The van der Waals surface area contributed by atoms with Gasteiger partial charge in [-0.15, -0.1) is 0 Å². The van der Waals surface area contributed by atoms with Gasteiger partial charge < -0.3 is 4.57 Å². The van der Waals surface area contributed by atoms with Crippen LogP contribution in [0.2, 0.25) is 0 Å². The van der Waals surface area contributed by atoms with Crippen molar-refractivity contribution >= 4 is 20.2 Å². The Morgan fingerprint density at radius 2 is 1.73 bits per heavy atom. The SMILES string of the molecule is CC(CCCn1ccnc1)S(=O)(=O)O.O=S(=O)(O)C(F)(F)F. The molecule has 0 amide bonds. The van der Waals surface area contributed by atoms with E-state index in [4.69, 9.17) is 17.5 Å². The lowest BCUT2D eigenvalue weighted by molar-refractivity contribution is -0.0510. The second-order valence-electron chi connectivity index (χ2n) is 4.19. The lowest BCUT2D eigenvalue weighted by Gasteiger charge is -2.07. The molecule has 0 aliphatic rings. The van der Waals surface area contributed by atoms with E-state index in [1.165, 1.54) is 6.92 Å². The molecule has 0 fully saturated rings. The molecule has 0 aliphatic carbocycles. The minimum Gasteiger partial charge on any atom is -0.337 e. The molecule has 1 aromatic rings. The Balaban J connectivity index is 0.000000472. The molecule has 130 valence electrons. The summed E-state index contributed by atoms with van der Waals surface area (Å²) < 4.78 is 89.4. The van der Waals surface area contributed by atoms with Crippen molar-refractivity contribution in [1.29, 1.82) is 0 Å². The van der Waals surface area contributed by atoms with Gasteiger partial charge in [-0.2, -0.15) is 30.0 Å². The van der Waals surface area contributed by atoms with Crippen LogP contribution in [-0.4, -0.2) is 46.3 Å². The number of hydrogen-bond donors (Lipinski definition) is 2. The quantitative estimate of drug-likeness (QED) is 0.593. The first-order chi connectivity index (χ1) is 9.75. The van der Waals surface area contributed by atoms with E-state index in [9.17, 15) is 21.6 Å². The van der Waals surface area contributed by atoms with Gasteiger partial charge in [0.1, 0.15) is 0 Å². The van der Waals surface area contributed by atoms with E-state index in [0.717, 1.165) is 6.54 Å². The van der Waals surface area contributed by atoms with Gasteiger partial charge in [0.25, 0.3) is 10.1 Å². The van der Waals surface area contributed by atoms with Gasteiger partial charge in [-0.3, -0.25) is 9.11 Å². The van der Waals surface area contributed by atoms with Crippen molar-refractivity contribution in [2.75, 3.05) is 0 Å². The van der Waals surface area contributed by atoms with Crippen molar-refractivity contribution in [1.82, 2.24) is 9.55 Å². The van der Waals surface area contributed by atoms with Crippen LogP contribution in [-0.2, 0) is 26.8 Å². The number of rotatable bonds is 5. The highest BCUT2D eigenvalue weighted by Gasteiger charge is 2.44. The summed E-state index contributed by atoms with van der Waals surface area (Å²) in [5, 5.41) is -0.689. The molecule has 0 spiro atoms. The first-order valence-corrected chi connectivity index (χ1v) is 8.65. The van der Waals surface area contributed by atoms with Crippen LogP contribution in [0.25, 0.3) is 0 Å². The molecular weight excluding hydrogens is 353 g/mol. The topological polar surface area (TPSA) is 127 Å². The van der Waals surface area contributed by atoms with E-state index in [-0.39, 0.29) is 0 Å². The molecule has 0 bridgehead atoms. The largest absolute Gasteiger partial charge is 0.522 e. The molecule has 1 heterocycles. The van der Waals surface area contributed by atoms with Gasteiger partial charge in [0.15, 0.2) is 0 Å². The standard InChI is InChI=1S/C8H14N2O3S.CHF3O3S/c1-8(14(11,12)13)3-2-5-10-6-4-9-7-10;2-1(3,4)8(5,6)7/h4,6-8H,2-3,5H2,1H3,(H,11,12,13);(H,5,6,7). The van der Waals surface area contributed by atoms with E-state index in [1.807, 2.05) is 10.8 Å². The fraction of sp³-hybridized carbons (Fsp3) is 0.667. The molecule has 1 rings (SSSR count). The molecule has 0 saturated carbocycles. The van der Waals surface area contributed by atoms with Crippen LogP contribution in [0, 0.1) is 0 Å². The maximum absolute atomic E-state index is 10.7. The van der Waals surface area contributed by atoms with Gasteiger partial charge in [0.05, 0.1) is 11.6 Å². The van der Waals surface area contributed by atoms with Crippen molar-refractivity contribution < 1.29 is 39.1 Å². The number of aromatic nitrogens is 2. The van der Waals surface area contributed by atoms with Crippen molar-refractivity contribution in [2.45, 2.75) is 37.1 Å².